The first kappa shape index (κ1) is 14.3. The second-order valence-electron chi connectivity index (χ2n) is 5.45. The van der Waals surface area contributed by atoms with Crippen molar-refractivity contribution in [1.29, 1.82) is 0 Å². The maximum Gasteiger partial charge on any atom is 0.163 e. The predicted molar refractivity (Wildman–Crippen MR) is 91.3 cm³/mol. The van der Waals surface area contributed by atoms with E-state index in [1.54, 1.807) is 18.0 Å². The summed E-state index contributed by atoms with van der Waals surface area (Å²) in [6, 6.07) is 10.2. The summed E-state index contributed by atoms with van der Waals surface area (Å²) in [5, 5.41) is 2.12. The van der Waals surface area contributed by atoms with Crippen LogP contribution in [0.2, 0.25) is 0 Å². The maximum absolute atomic E-state index is 5.65. The Balaban J connectivity index is 1.66. The number of thioether (sulfide) groups is 1. The van der Waals surface area contributed by atoms with E-state index < -0.39 is 0 Å². The summed E-state index contributed by atoms with van der Waals surface area (Å²) in [6.45, 7) is 3.28. The zero-order valence-corrected chi connectivity index (χ0v) is 13.6. The van der Waals surface area contributed by atoms with E-state index in [1.807, 2.05) is 24.4 Å². The maximum atomic E-state index is 5.65. The van der Waals surface area contributed by atoms with E-state index in [4.69, 9.17) is 14.5 Å². The molecule has 0 unspecified atom stereocenters. The molecule has 0 radical (unpaired) electrons. The normalized spacial score (nSPS) is 13.3. The Bertz CT molecular complexity index is 853. The van der Waals surface area contributed by atoms with Crippen LogP contribution in [-0.4, -0.2) is 23.2 Å². The van der Waals surface area contributed by atoms with Gasteiger partial charge in [-0.25, -0.2) is 4.98 Å². The molecule has 0 saturated heterocycles. The van der Waals surface area contributed by atoms with Crippen molar-refractivity contribution in [3.8, 4) is 11.5 Å². The van der Waals surface area contributed by atoms with Crippen LogP contribution in [0.3, 0.4) is 0 Å². The largest absolute Gasteiger partial charge is 0.486 e. The Morgan fingerprint density at radius 1 is 1.13 bits per heavy atom. The number of fused-ring (bicyclic) bond motifs is 2. The molecule has 0 saturated carbocycles. The van der Waals surface area contributed by atoms with Crippen LogP contribution in [0.4, 0.5) is 0 Å². The molecular weight excluding hydrogens is 308 g/mol. The topological polar surface area (TPSA) is 44.2 Å². The van der Waals surface area contributed by atoms with Crippen molar-refractivity contribution >= 4 is 22.7 Å². The van der Waals surface area contributed by atoms with Gasteiger partial charge in [0.15, 0.2) is 11.5 Å². The molecule has 116 valence electrons. The molecule has 4 rings (SSSR count). The first-order valence-electron chi connectivity index (χ1n) is 7.52. The van der Waals surface area contributed by atoms with E-state index in [2.05, 4.69) is 24.0 Å². The SMILES string of the molecule is Cc1cc2cc3c(cc2nc1SCc1cccnc1)OCCO3. The molecule has 2 aromatic heterocycles. The molecule has 3 aromatic rings. The summed E-state index contributed by atoms with van der Waals surface area (Å²) in [5.41, 5.74) is 3.30. The highest BCUT2D eigenvalue weighted by Crippen LogP contribution is 2.36. The number of aryl methyl sites for hydroxylation is 1. The van der Waals surface area contributed by atoms with Gasteiger partial charge in [0.25, 0.3) is 0 Å². The molecular formula is C18H16N2O2S. The van der Waals surface area contributed by atoms with E-state index in [0.29, 0.717) is 13.2 Å². The van der Waals surface area contributed by atoms with Crippen molar-refractivity contribution in [2.45, 2.75) is 17.7 Å². The van der Waals surface area contributed by atoms with E-state index in [9.17, 15) is 0 Å². The average molecular weight is 324 g/mol. The smallest absolute Gasteiger partial charge is 0.163 e. The molecule has 3 heterocycles. The summed E-state index contributed by atoms with van der Waals surface area (Å²) in [5.74, 6) is 2.45. The highest BCUT2D eigenvalue weighted by Gasteiger charge is 2.14. The van der Waals surface area contributed by atoms with Crippen molar-refractivity contribution in [3.63, 3.8) is 0 Å². The van der Waals surface area contributed by atoms with Gasteiger partial charge in [0.05, 0.1) is 10.5 Å². The lowest BCUT2D eigenvalue weighted by Crippen LogP contribution is -2.15. The molecule has 0 N–H and O–H groups in total. The molecule has 1 aliphatic heterocycles. The van der Waals surface area contributed by atoms with Crippen LogP contribution < -0.4 is 9.47 Å². The fourth-order valence-electron chi connectivity index (χ4n) is 2.58. The molecule has 5 heteroatoms. The molecule has 0 aliphatic carbocycles. The Morgan fingerprint density at radius 2 is 1.96 bits per heavy atom. The van der Waals surface area contributed by atoms with E-state index in [0.717, 1.165) is 33.2 Å². The molecule has 0 fully saturated rings. The van der Waals surface area contributed by atoms with Gasteiger partial charge in [-0.05, 0) is 36.2 Å². The third kappa shape index (κ3) is 2.97. The molecule has 1 aliphatic rings. The molecule has 0 amide bonds. The lowest BCUT2D eigenvalue weighted by Gasteiger charge is -2.19. The van der Waals surface area contributed by atoms with Crippen molar-refractivity contribution in [3.05, 3.63) is 53.9 Å². The van der Waals surface area contributed by atoms with Crippen LogP contribution in [0, 0.1) is 6.92 Å². The third-order valence-electron chi connectivity index (χ3n) is 3.72. The summed E-state index contributed by atoms with van der Waals surface area (Å²) in [6.07, 6.45) is 3.68. The average Bonchev–Trinajstić information content (AvgIpc) is 2.59. The van der Waals surface area contributed by atoms with Gasteiger partial charge in [0.2, 0.25) is 0 Å². The summed E-state index contributed by atoms with van der Waals surface area (Å²) >= 11 is 1.73. The van der Waals surface area contributed by atoms with Gasteiger partial charge in [0, 0.05) is 29.6 Å². The van der Waals surface area contributed by atoms with Gasteiger partial charge in [0.1, 0.15) is 13.2 Å². The molecule has 0 bridgehead atoms. The second kappa shape index (κ2) is 6.08. The van der Waals surface area contributed by atoms with Crippen LogP contribution in [0.1, 0.15) is 11.1 Å². The van der Waals surface area contributed by atoms with E-state index in [-0.39, 0.29) is 0 Å². The van der Waals surface area contributed by atoms with Crippen LogP contribution >= 0.6 is 11.8 Å². The molecule has 0 spiro atoms. The van der Waals surface area contributed by atoms with Crippen LogP contribution in [0.15, 0.2) is 47.8 Å². The van der Waals surface area contributed by atoms with E-state index >= 15 is 0 Å². The highest BCUT2D eigenvalue weighted by molar-refractivity contribution is 7.98. The molecule has 23 heavy (non-hydrogen) atoms. The van der Waals surface area contributed by atoms with Gasteiger partial charge in [-0.2, -0.15) is 0 Å². The van der Waals surface area contributed by atoms with Crippen molar-refractivity contribution in [2.24, 2.45) is 0 Å². The highest BCUT2D eigenvalue weighted by atomic mass is 32.2. The lowest BCUT2D eigenvalue weighted by molar-refractivity contribution is 0.172. The lowest BCUT2D eigenvalue weighted by atomic mass is 10.1. The number of ether oxygens (including phenoxy) is 2. The first-order valence-corrected chi connectivity index (χ1v) is 8.51. The monoisotopic (exact) mass is 324 g/mol. The first-order chi connectivity index (χ1) is 11.3. The van der Waals surface area contributed by atoms with Gasteiger partial charge in [-0.1, -0.05) is 6.07 Å². The van der Waals surface area contributed by atoms with Crippen molar-refractivity contribution < 1.29 is 9.47 Å². The van der Waals surface area contributed by atoms with Crippen LogP contribution in [0.25, 0.3) is 10.9 Å². The number of pyridine rings is 2. The number of rotatable bonds is 3. The quantitative estimate of drug-likeness (QED) is 0.681. The van der Waals surface area contributed by atoms with Gasteiger partial charge >= 0.3 is 0 Å². The summed E-state index contributed by atoms with van der Waals surface area (Å²) < 4.78 is 11.3. The fourth-order valence-corrected chi connectivity index (χ4v) is 3.50. The van der Waals surface area contributed by atoms with Crippen LogP contribution in [-0.2, 0) is 5.75 Å². The predicted octanol–water partition coefficient (Wildman–Crippen LogP) is 4.00. The summed E-state index contributed by atoms with van der Waals surface area (Å²) in [7, 11) is 0. The number of hydrogen-bond acceptors (Lipinski definition) is 5. The number of hydrogen-bond donors (Lipinski definition) is 0. The molecule has 4 nitrogen and oxygen atoms in total. The Kier molecular flexibility index (Phi) is 3.79. The second-order valence-corrected chi connectivity index (χ2v) is 6.41. The Morgan fingerprint density at radius 3 is 2.74 bits per heavy atom. The Labute approximate surface area is 138 Å². The fraction of sp³-hybridized carbons (Fsp3) is 0.222. The molecule has 0 atom stereocenters. The Hall–Kier alpha value is -2.27. The van der Waals surface area contributed by atoms with Crippen molar-refractivity contribution in [2.75, 3.05) is 13.2 Å². The minimum atomic E-state index is 0.590. The zero-order valence-electron chi connectivity index (χ0n) is 12.8. The van der Waals surface area contributed by atoms with Crippen molar-refractivity contribution in [1.82, 2.24) is 9.97 Å². The van der Waals surface area contributed by atoms with E-state index in [1.165, 1.54) is 11.1 Å². The third-order valence-corrected chi connectivity index (χ3v) is 4.89. The summed E-state index contributed by atoms with van der Waals surface area (Å²) in [4.78, 5) is 8.96. The zero-order chi connectivity index (χ0) is 15.6. The standard InChI is InChI=1S/C18H16N2O2S/c1-12-7-14-8-16-17(22-6-5-21-16)9-15(14)20-18(12)23-11-13-3-2-4-19-10-13/h2-4,7-10H,5-6,11H2,1H3. The van der Waals surface area contributed by atoms with Crippen LogP contribution in [0.5, 0.6) is 11.5 Å². The number of benzene rings is 1. The van der Waals surface area contributed by atoms with Gasteiger partial charge in [-0.3, -0.25) is 4.98 Å². The minimum Gasteiger partial charge on any atom is -0.486 e. The minimum absolute atomic E-state index is 0.590. The molecule has 1 aromatic carbocycles. The number of nitrogens with zero attached hydrogens (tertiary/aromatic N) is 2. The van der Waals surface area contributed by atoms with Gasteiger partial charge in [-0.15, -0.1) is 11.8 Å². The number of aromatic nitrogens is 2. The van der Waals surface area contributed by atoms with Gasteiger partial charge < -0.3 is 9.47 Å².